The number of nitrogens with two attached hydrogens (primary N) is 1. The second kappa shape index (κ2) is 5.23. The van der Waals surface area contributed by atoms with Crippen LogP contribution >= 0.6 is 0 Å². The van der Waals surface area contributed by atoms with Crippen molar-refractivity contribution in [2.75, 3.05) is 0 Å². The second-order valence-corrected chi connectivity index (χ2v) is 2.45. The Kier molecular flexibility index (Phi) is 4.94. The van der Waals surface area contributed by atoms with Crippen LogP contribution in [0.3, 0.4) is 0 Å². The Morgan fingerprint density at radius 2 is 2.20 bits per heavy atom. The molecule has 0 saturated carbocycles. The van der Waals surface area contributed by atoms with Crippen LogP contribution in [0.1, 0.15) is 32.6 Å². The fourth-order valence-corrected chi connectivity index (χ4v) is 0.786. The summed E-state index contributed by atoms with van der Waals surface area (Å²) in [5, 5.41) is 9.09. The molecule has 0 spiro atoms. The van der Waals surface area contributed by atoms with Crippen LogP contribution in [0, 0.1) is 0 Å². The highest BCUT2D eigenvalue weighted by atomic mass is 16.3. The van der Waals surface area contributed by atoms with E-state index in [-0.39, 0.29) is 12.0 Å². The van der Waals surface area contributed by atoms with E-state index in [1.54, 1.807) is 0 Å². The van der Waals surface area contributed by atoms with Crippen LogP contribution in [-0.4, -0.2) is 17.1 Å². The molecule has 0 aliphatic rings. The lowest BCUT2D eigenvalue weighted by molar-refractivity contribution is -0.118. The van der Waals surface area contributed by atoms with E-state index in [4.69, 9.17) is 10.8 Å². The highest BCUT2D eigenvalue weighted by molar-refractivity contribution is 5.73. The van der Waals surface area contributed by atoms with Gasteiger partial charge in [-0.3, -0.25) is 4.79 Å². The third-order valence-corrected chi connectivity index (χ3v) is 1.35. The largest absolute Gasteiger partial charge is 0.393 e. The van der Waals surface area contributed by atoms with E-state index in [9.17, 15) is 4.79 Å². The number of hydrogen-bond donors (Lipinski definition) is 2. The van der Waals surface area contributed by atoms with Gasteiger partial charge in [0.25, 0.3) is 0 Å². The molecule has 0 aliphatic carbocycles. The third kappa shape index (κ3) is 5.56. The topological polar surface area (TPSA) is 63.3 Å². The molecule has 0 aromatic carbocycles. The molecule has 0 saturated heterocycles. The predicted molar refractivity (Wildman–Crippen MR) is 39.3 cm³/mol. The summed E-state index contributed by atoms with van der Waals surface area (Å²) in [4.78, 5) is 10.2. The average molecular weight is 145 g/mol. The minimum absolute atomic E-state index is 0.293. The van der Waals surface area contributed by atoms with Crippen LogP contribution < -0.4 is 5.73 Å². The zero-order valence-corrected chi connectivity index (χ0v) is 6.34. The average Bonchev–Trinajstić information content (AvgIpc) is 1.85. The molecule has 0 aliphatic heterocycles. The summed E-state index contributed by atoms with van der Waals surface area (Å²) < 4.78 is 0. The SMILES string of the molecule is CCC[C@@H](O)CCC(N)=O. The standard InChI is InChI=1S/C7H15NO2/c1-2-3-6(9)4-5-7(8)10/h6,9H,2-5H2,1H3,(H2,8,10)/t6-/m1/s1. The minimum Gasteiger partial charge on any atom is -0.393 e. The van der Waals surface area contributed by atoms with Gasteiger partial charge in [0.1, 0.15) is 0 Å². The van der Waals surface area contributed by atoms with Crippen LogP contribution in [0.25, 0.3) is 0 Å². The van der Waals surface area contributed by atoms with E-state index < -0.39 is 0 Å². The van der Waals surface area contributed by atoms with Gasteiger partial charge in [-0.1, -0.05) is 13.3 Å². The van der Waals surface area contributed by atoms with Crippen LogP contribution in [0.15, 0.2) is 0 Å². The quantitative estimate of drug-likeness (QED) is 0.588. The van der Waals surface area contributed by atoms with E-state index in [1.165, 1.54) is 0 Å². The minimum atomic E-state index is -0.350. The molecule has 60 valence electrons. The third-order valence-electron chi connectivity index (χ3n) is 1.35. The molecule has 10 heavy (non-hydrogen) atoms. The second-order valence-electron chi connectivity index (χ2n) is 2.45. The highest BCUT2D eigenvalue weighted by Crippen LogP contribution is 2.02. The Morgan fingerprint density at radius 1 is 1.60 bits per heavy atom. The van der Waals surface area contributed by atoms with Gasteiger partial charge in [-0.15, -0.1) is 0 Å². The fraction of sp³-hybridized carbons (Fsp3) is 0.857. The van der Waals surface area contributed by atoms with Gasteiger partial charge in [0.05, 0.1) is 6.10 Å². The molecule has 3 nitrogen and oxygen atoms in total. The lowest BCUT2D eigenvalue weighted by Crippen LogP contribution is -2.15. The number of amides is 1. The van der Waals surface area contributed by atoms with Crippen LogP contribution in [0.5, 0.6) is 0 Å². The molecule has 3 heteroatoms. The van der Waals surface area contributed by atoms with Crippen molar-refractivity contribution >= 4 is 5.91 Å². The maximum Gasteiger partial charge on any atom is 0.217 e. The molecule has 0 heterocycles. The van der Waals surface area contributed by atoms with Crippen molar-refractivity contribution in [3.8, 4) is 0 Å². The number of hydrogen-bond acceptors (Lipinski definition) is 2. The fourth-order valence-electron chi connectivity index (χ4n) is 0.786. The number of aliphatic hydroxyl groups excluding tert-OH is 1. The van der Waals surface area contributed by atoms with Gasteiger partial charge < -0.3 is 10.8 Å². The number of carbonyl (C=O) groups excluding carboxylic acids is 1. The van der Waals surface area contributed by atoms with Crippen molar-refractivity contribution in [1.29, 1.82) is 0 Å². The first-order valence-corrected chi connectivity index (χ1v) is 3.63. The lowest BCUT2D eigenvalue weighted by Gasteiger charge is -2.05. The smallest absolute Gasteiger partial charge is 0.217 e. The summed E-state index contributed by atoms with van der Waals surface area (Å²) in [6.07, 6.45) is 2.15. The van der Waals surface area contributed by atoms with Crippen molar-refractivity contribution in [2.45, 2.75) is 38.7 Å². The van der Waals surface area contributed by atoms with Gasteiger partial charge in [0, 0.05) is 6.42 Å². The molecule has 0 unspecified atom stereocenters. The first-order valence-electron chi connectivity index (χ1n) is 3.63. The zero-order chi connectivity index (χ0) is 7.98. The van der Waals surface area contributed by atoms with Crippen molar-refractivity contribution in [1.82, 2.24) is 0 Å². The summed E-state index contributed by atoms with van der Waals surface area (Å²) in [6, 6.07) is 0. The van der Waals surface area contributed by atoms with E-state index in [0.717, 1.165) is 12.8 Å². The summed E-state index contributed by atoms with van der Waals surface area (Å²) in [5.74, 6) is -0.338. The van der Waals surface area contributed by atoms with Crippen LogP contribution in [0.2, 0.25) is 0 Å². The summed E-state index contributed by atoms with van der Waals surface area (Å²) in [7, 11) is 0. The predicted octanol–water partition coefficient (Wildman–Crippen LogP) is 0.413. The van der Waals surface area contributed by atoms with Crippen molar-refractivity contribution in [3.05, 3.63) is 0 Å². The molecule has 0 radical (unpaired) electrons. The lowest BCUT2D eigenvalue weighted by atomic mass is 10.1. The van der Waals surface area contributed by atoms with Gasteiger partial charge in [0.15, 0.2) is 0 Å². The summed E-state index contributed by atoms with van der Waals surface area (Å²) >= 11 is 0. The number of rotatable bonds is 5. The summed E-state index contributed by atoms with van der Waals surface area (Å²) in [5.41, 5.74) is 4.89. The van der Waals surface area contributed by atoms with Crippen LogP contribution in [0.4, 0.5) is 0 Å². The molecular formula is C7H15NO2. The number of carbonyl (C=O) groups is 1. The van der Waals surface area contributed by atoms with Crippen molar-refractivity contribution < 1.29 is 9.90 Å². The first-order chi connectivity index (χ1) is 4.66. The zero-order valence-electron chi connectivity index (χ0n) is 6.34. The maximum atomic E-state index is 10.2. The number of primary amides is 1. The van der Waals surface area contributed by atoms with Gasteiger partial charge in [0.2, 0.25) is 5.91 Å². The van der Waals surface area contributed by atoms with Gasteiger partial charge in [-0.25, -0.2) is 0 Å². The molecule has 0 aromatic heterocycles. The Bertz CT molecular complexity index is 104. The molecule has 0 rings (SSSR count). The first kappa shape index (κ1) is 9.43. The van der Waals surface area contributed by atoms with Gasteiger partial charge in [-0.05, 0) is 12.8 Å². The van der Waals surface area contributed by atoms with Crippen LogP contribution in [-0.2, 0) is 4.79 Å². The van der Waals surface area contributed by atoms with E-state index in [1.807, 2.05) is 6.92 Å². The van der Waals surface area contributed by atoms with Crippen molar-refractivity contribution in [2.24, 2.45) is 5.73 Å². The molecule has 1 amide bonds. The normalized spacial score (nSPS) is 13.0. The molecule has 0 aromatic rings. The van der Waals surface area contributed by atoms with E-state index in [0.29, 0.717) is 12.8 Å². The molecule has 0 bridgehead atoms. The van der Waals surface area contributed by atoms with E-state index >= 15 is 0 Å². The van der Waals surface area contributed by atoms with E-state index in [2.05, 4.69) is 0 Å². The monoisotopic (exact) mass is 145 g/mol. The van der Waals surface area contributed by atoms with Gasteiger partial charge >= 0.3 is 0 Å². The molecule has 0 fully saturated rings. The molecule has 3 N–H and O–H groups in total. The highest BCUT2D eigenvalue weighted by Gasteiger charge is 2.03. The maximum absolute atomic E-state index is 10.2. The number of aliphatic hydroxyl groups is 1. The Hall–Kier alpha value is -0.570. The Labute approximate surface area is 61.2 Å². The Morgan fingerprint density at radius 3 is 2.60 bits per heavy atom. The van der Waals surface area contributed by atoms with Crippen molar-refractivity contribution in [3.63, 3.8) is 0 Å². The molecule has 1 atom stereocenters. The molecular weight excluding hydrogens is 130 g/mol. The van der Waals surface area contributed by atoms with Gasteiger partial charge in [-0.2, -0.15) is 0 Å². The summed E-state index contributed by atoms with van der Waals surface area (Å²) in [6.45, 7) is 1.99. The Balaban J connectivity index is 3.21.